The standard InChI is InChI=1S/C12H18N4O2/c1-16-6-8(11(14)17)4-10(16)12(18)15-5-9(13)7-2-3-7/h4,6-7,9H,2-3,5,13H2,1H3,(H2,14,17)(H,15,18). The van der Waals surface area contributed by atoms with E-state index in [1.807, 2.05) is 0 Å². The van der Waals surface area contributed by atoms with Crippen molar-refractivity contribution in [2.24, 2.45) is 24.4 Å². The Hall–Kier alpha value is -1.82. The van der Waals surface area contributed by atoms with E-state index in [-0.39, 0.29) is 11.9 Å². The summed E-state index contributed by atoms with van der Waals surface area (Å²) in [5, 5.41) is 2.78. The number of carbonyl (C=O) groups excluding carboxylic acids is 2. The zero-order chi connectivity index (χ0) is 13.3. The summed E-state index contributed by atoms with van der Waals surface area (Å²) in [5.74, 6) is -0.236. The van der Waals surface area contributed by atoms with Gasteiger partial charge in [-0.05, 0) is 24.8 Å². The predicted molar refractivity (Wildman–Crippen MR) is 67.0 cm³/mol. The third-order valence-corrected chi connectivity index (χ3v) is 3.25. The molecule has 0 bridgehead atoms. The Morgan fingerprint density at radius 3 is 2.72 bits per heavy atom. The molecule has 1 atom stereocenters. The number of hydrogen-bond acceptors (Lipinski definition) is 3. The Bertz CT molecular complexity index is 476. The minimum absolute atomic E-state index is 0.0184. The van der Waals surface area contributed by atoms with Gasteiger partial charge in [-0.3, -0.25) is 9.59 Å². The third-order valence-electron chi connectivity index (χ3n) is 3.25. The van der Waals surface area contributed by atoms with Gasteiger partial charge in [-0.1, -0.05) is 0 Å². The summed E-state index contributed by atoms with van der Waals surface area (Å²) in [6.45, 7) is 0.459. The molecule has 0 saturated heterocycles. The van der Waals surface area contributed by atoms with Crippen molar-refractivity contribution in [1.82, 2.24) is 9.88 Å². The number of hydrogen-bond donors (Lipinski definition) is 3. The fraction of sp³-hybridized carbons (Fsp3) is 0.500. The topological polar surface area (TPSA) is 103 Å². The van der Waals surface area contributed by atoms with Crippen molar-refractivity contribution in [2.45, 2.75) is 18.9 Å². The molecule has 98 valence electrons. The van der Waals surface area contributed by atoms with E-state index in [0.29, 0.717) is 23.7 Å². The van der Waals surface area contributed by atoms with Crippen molar-refractivity contribution in [3.63, 3.8) is 0 Å². The van der Waals surface area contributed by atoms with Gasteiger partial charge >= 0.3 is 0 Å². The molecule has 1 aromatic heterocycles. The van der Waals surface area contributed by atoms with Crippen LogP contribution in [0.15, 0.2) is 12.3 Å². The van der Waals surface area contributed by atoms with Gasteiger partial charge in [-0.2, -0.15) is 0 Å². The molecule has 1 saturated carbocycles. The molecular weight excluding hydrogens is 232 g/mol. The summed E-state index contributed by atoms with van der Waals surface area (Å²) < 4.78 is 1.58. The summed E-state index contributed by atoms with van der Waals surface area (Å²) in [6, 6.07) is 1.50. The molecule has 1 aromatic rings. The Kier molecular flexibility index (Phi) is 3.38. The maximum Gasteiger partial charge on any atom is 0.267 e. The molecule has 1 fully saturated rings. The van der Waals surface area contributed by atoms with Crippen LogP contribution in [0.3, 0.4) is 0 Å². The highest BCUT2D eigenvalue weighted by atomic mass is 16.2. The lowest BCUT2D eigenvalue weighted by atomic mass is 10.2. The lowest BCUT2D eigenvalue weighted by Crippen LogP contribution is -2.39. The lowest BCUT2D eigenvalue weighted by molar-refractivity contribution is 0.0942. The highest BCUT2D eigenvalue weighted by Gasteiger charge is 2.28. The Morgan fingerprint density at radius 2 is 2.22 bits per heavy atom. The van der Waals surface area contributed by atoms with Crippen LogP contribution in [0.25, 0.3) is 0 Å². The van der Waals surface area contributed by atoms with Crippen LogP contribution in [0.1, 0.15) is 33.7 Å². The van der Waals surface area contributed by atoms with E-state index < -0.39 is 5.91 Å². The molecule has 0 aliphatic heterocycles. The highest BCUT2D eigenvalue weighted by molar-refractivity contribution is 5.98. The molecule has 0 aromatic carbocycles. The van der Waals surface area contributed by atoms with E-state index in [9.17, 15) is 9.59 Å². The van der Waals surface area contributed by atoms with Crippen molar-refractivity contribution < 1.29 is 9.59 Å². The van der Waals surface area contributed by atoms with Crippen LogP contribution in [0.4, 0.5) is 0 Å². The molecule has 0 radical (unpaired) electrons. The largest absolute Gasteiger partial charge is 0.366 e. The van der Waals surface area contributed by atoms with Crippen LogP contribution in [0.2, 0.25) is 0 Å². The molecule has 2 rings (SSSR count). The molecule has 1 unspecified atom stereocenters. The first kappa shape index (κ1) is 12.6. The number of nitrogens with zero attached hydrogens (tertiary/aromatic N) is 1. The number of nitrogens with two attached hydrogens (primary N) is 2. The molecule has 1 aliphatic rings. The molecule has 2 amide bonds. The Balaban J connectivity index is 1.97. The zero-order valence-electron chi connectivity index (χ0n) is 10.3. The van der Waals surface area contributed by atoms with Gasteiger partial charge in [0.15, 0.2) is 0 Å². The molecule has 1 heterocycles. The predicted octanol–water partition coefficient (Wildman–Crippen LogP) is -0.409. The van der Waals surface area contributed by atoms with Gasteiger partial charge in [0.1, 0.15) is 5.69 Å². The summed E-state index contributed by atoms with van der Waals surface area (Å²) in [7, 11) is 1.70. The number of rotatable bonds is 5. The molecule has 0 spiro atoms. The van der Waals surface area contributed by atoms with Crippen LogP contribution >= 0.6 is 0 Å². The van der Waals surface area contributed by atoms with Gasteiger partial charge in [0.2, 0.25) is 5.91 Å². The average Bonchev–Trinajstić information content (AvgIpc) is 3.08. The first-order valence-electron chi connectivity index (χ1n) is 5.99. The normalized spacial score (nSPS) is 16.3. The van der Waals surface area contributed by atoms with Crippen molar-refractivity contribution in [1.29, 1.82) is 0 Å². The number of aryl methyl sites for hydroxylation is 1. The second kappa shape index (κ2) is 4.81. The smallest absolute Gasteiger partial charge is 0.267 e. The summed E-state index contributed by atoms with van der Waals surface area (Å²) in [4.78, 5) is 22.9. The molecule has 18 heavy (non-hydrogen) atoms. The van der Waals surface area contributed by atoms with E-state index in [0.717, 1.165) is 12.8 Å². The lowest BCUT2D eigenvalue weighted by Gasteiger charge is -2.11. The SMILES string of the molecule is Cn1cc(C(N)=O)cc1C(=O)NCC(N)C1CC1. The van der Waals surface area contributed by atoms with Gasteiger partial charge < -0.3 is 21.4 Å². The maximum atomic E-state index is 11.9. The third kappa shape index (κ3) is 2.70. The maximum absolute atomic E-state index is 11.9. The second-order valence-electron chi connectivity index (χ2n) is 4.80. The molecule has 5 N–H and O–H groups in total. The van der Waals surface area contributed by atoms with Gasteiger partial charge in [-0.15, -0.1) is 0 Å². The Labute approximate surface area is 105 Å². The number of carbonyl (C=O) groups is 2. The van der Waals surface area contributed by atoms with Crippen molar-refractivity contribution in [2.75, 3.05) is 6.54 Å². The van der Waals surface area contributed by atoms with E-state index >= 15 is 0 Å². The quantitative estimate of drug-likeness (QED) is 0.662. The van der Waals surface area contributed by atoms with Crippen molar-refractivity contribution >= 4 is 11.8 Å². The fourth-order valence-electron chi connectivity index (χ4n) is 1.92. The number of primary amides is 1. The van der Waals surface area contributed by atoms with E-state index in [1.54, 1.807) is 11.6 Å². The summed E-state index contributed by atoms with van der Waals surface area (Å²) in [6.07, 6.45) is 3.83. The fourth-order valence-corrected chi connectivity index (χ4v) is 1.92. The molecule has 6 heteroatoms. The molecular formula is C12H18N4O2. The van der Waals surface area contributed by atoms with Crippen molar-refractivity contribution in [3.8, 4) is 0 Å². The summed E-state index contributed by atoms with van der Waals surface area (Å²) >= 11 is 0. The van der Waals surface area contributed by atoms with Gasteiger partial charge in [0, 0.05) is 25.8 Å². The van der Waals surface area contributed by atoms with Gasteiger partial charge in [0.25, 0.3) is 5.91 Å². The van der Waals surface area contributed by atoms with Crippen LogP contribution in [-0.4, -0.2) is 29.0 Å². The monoisotopic (exact) mass is 250 g/mol. The van der Waals surface area contributed by atoms with E-state index in [1.165, 1.54) is 12.3 Å². The minimum Gasteiger partial charge on any atom is -0.366 e. The summed E-state index contributed by atoms with van der Waals surface area (Å²) in [5.41, 5.74) is 11.8. The van der Waals surface area contributed by atoms with Crippen LogP contribution < -0.4 is 16.8 Å². The molecule has 6 nitrogen and oxygen atoms in total. The van der Waals surface area contributed by atoms with E-state index in [2.05, 4.69) is 5.32 Å². The van der Waals surface area contributed by atoms with Crippen LogP contribution in [0.5, 0.6) is 0 Å². The van der Waals surface area contributed by atoms with E-state index in [4.69, 9.17) is 11.5 Å². The zero-order valence-corrected chi connectivity index (χ0v) is 10.3. The van der Waals surface area contributed by atoms with Crippen LogP contribution in [0, 0.1) is 5.92 Å². The first-order valence-corrected chi connectivity index (χ1v) is 5.99. The second-order valence-corrected chi connectivity index (χ2v) is 4.80. The number of amides is 2. The number of aromatic nitrogens is 1. The average molecular weight is 250 g/mol. The van der Waals surface area contributed by atoms with Gasteiger partial charge in [0.05, 0.1) is 5.56 Å². The molecule has 1 aliphatic carbocycles. The minimum atomic E-state index is -0.542. The van der Waals surface area contributed by atoms with Gasteiger partial charge in [-0.25, -0.2) is 0 Å². The Morgan fingerprint density at radius 1 is 1.56 bits per heavy atom. The highest BCUT2D eigenvalue weighted by Crippen LogP contribution is 2.31. The van der Waals surface area contributed by atoms with Crippen molar-refractivity contribution in [3.05, 3.63) is 23.5 Å². The first-order chi connectivity index (χ1) is 8.49. The number of nitrogens with one attached hydrogen (secondary N) is 1. The van der Waals surface area contributed by atoms with Crippen LogP contribution in [-0.2, 0) is 7.05 Å².